The van der Waals surface area contributed by atoms with Crippen LogP contribution >= 0.6 is 15.9 Å². The van der Waals surface area contributed by atoms with Crippen molar-refractivity contribution >= 4 is 32.7 Å². The van der Waals surface area contributed by atoms with Gasteiger partial charge in [-0.2, -0.15) is 5.26 Å². The van der Waals surface area contributed by atoms with E-state index >= 15 is 0 Å². The van der Waals surface area contributed by atoms with Crippen molar-refractivity contribution in [1.82, 2.24) is 4.57 Å². The fourth-order valence-corrected chi connectivity index (χ4v) is 3.86. The maximum Gasteiger partial charge on any atom is 0.271 e. The second-order valence-corrected chi connectivity index (χ2v) is 8.48. The number of aromatic nitrogens is 1. The van der Waals surface area contributed by atoms with Gasteiger partial charge in [0.05, 0.1) is 11.7 Å². The van der Waals surface area contributed by atoms with Gasteiger partial charge in [0, 0.05) is 28.6 Å². The number of aryl methyl sites for hydroxylation is 1. The first-order valence-electron chi connectivity index (χ1n) is 9.88. The summed E-state index contributed by atoms with van der Waals surface area (Å²) >= 11 is 3.41. The summed E-state index contributed by atoms with van der Waals surface area (Å²) in [5.41, 5.74) is 0.349. The molecule has 162 valence electrons. The molecular formula is C23H23BrN2O5. The predicted molar refractivity (Wildman–Crippen MR) is 120 cm³/mol. The molecule has 2 heterocycles. The van der Waals surface area contributed by atoms with Crippen molar-refractivity contribution in [3.05, 3.63) is 61.0 Å². The molecule has 0 fully saturated rings. The summed E-state index contributed by atoms with van der Waals surface area (Å²) in [5.74, 6) is -0.996. The summed E-state index contributed by atoms with van der Waals surface area (Å²) in [5, 5.41) is 21.1. The van der Waals surface area contributed by atoms with Gasteiger partial charge >= 0.3 is 0 Å². The number of fused-ring (bicyclic) bond motifs is 1. The van der Waals surface area contributed by atoms with Crippen molar-refractivity contribution in [1.29, 1.82) is 5.26 Å². The quantitative estimate of drug-likeness (QED) is 0.386. The van der Waals surface area contributed by atoms with Crippen LogP contribution < -0.4 is 5.56 Å². The number of hydrogen-bond acceptors (Lipinski definition) is 6. The Kier molecular flexibility index (Phi) is 6.68. The smallest absolute Gasteiger partial charge is 0.271 e. The Bertz CT molecular complexity index is 1260. The molecular weight excluding hydrogens is 464 g/mol. The van der Waals surface area contributed by atoms with Gasteiger partial charge in [-0.3, -0.25) is 14.2 Å². The maximum absolute atomic E-state index is 13.4. The van der Waals surface area contributed by atoms with Crippen LogP contribution in [0.15, 0.2) is 31.9 Å². The molecule has 7 nitrogen and oxygen atoms in total. The molecule has 2 aromatic heterocycles. The summed E-state index contributed by atoms with van der Waals surface area (Å²) in [6, 6.07) is 7.26. The number of nitriles is 1. The van der Waals surface area contributed by atoms with Crippen molar-refractivity contribution in [3.8, 4) is 11.9 Å². The van der Waals surface area contributed by atoms with E-state index in [1.807, 2.05) is 26.0 Å². The maximum atomic E-state index is 13.4. The van der Waals surface area contributed by atoms with Gasteiger partial charge < -0.3 is 14.3 Å². The summed E-state index contributed by atoms with van der Waals surface area (Å²) < 4.78 is 13.2. The topological polar surface area (TPSA) is 105 Å². The largest absolute Gasteiger partial charge is 0.494 e. The van der Waals surface area contributed by atoms with Crippen molar-refractivity contribution in [2.75, 3.05) is 6.61 Å². The molecule has 3 rings (SSSR count). The molecule has 0 radical (unpaired) electrons. The Labute approximate surface area is 188 Å². The Morgan fingerprint density at radius 2 is 2.03 bits per heavy atom. The molecule has 8 heteroatoms. The minimum absolute atomic E-state index is 0.0336. The Morgan fingerprint density at radius 3 is 2.68 bits per heavy atom. The fraction of sp³-hybridized carbons (Fsp3) is 0.348. The first-order valence-corrected chi connectivity index (χ1v) is 10.7. The lowest BCUT2D eigenvalue weighted by Gasteiger charge is -2.15. The van der Waals surface area contributed by atoms with Crippen molar-refractivity contribution < 1.29 is 19.1 Å². The summed E-state index contributed by atoms with van der Waals surface area (Å²) in [6.07, 6.45) is 0.469. The number of furan rings is 1. The number of carbonyl (C=O) groups excluding carboxylic acids is 1. The number of benzene rings is 1. The number of carbonyl (C=O) groups is 1. The van der Waals surface area contributed by atoms with Crippen LogP contribution in [0, 0.1) is 25.2 Å². The van der Waals surface area contributed by atoms with E-state index in [-0.39, 0.29) is 35.1 Å². The van der Waals surface area contributed by atoms with E-state index in [4.69, 9.17) is 9.15 Å². The van der Waals surface area contributed by atoms with E-state index in [1.54, 1.807) is 19.1 Å². The number of aromatic hydroxyl groups is 1. The highest BCUT2D eigenvalue weighted by Gasteiger charge is 2.28. The average Bonchev–Trinajstić information content (AvgIpc) is 3.03. The normalized spacial score (nSPS) is 11.3. The predicted octanol–water partition coefficient (Wildman–Crippen LogP) is 4.60. The molecule has 0 aliphatic rings. The first kappa shape index (κ1) is 22.8. The molecule has 0 unspecified atom stereocenters. The number of pyridine rings is 1. The first-order chi connectivity index (χ1) is 14.7. The Balaban J connectivity index is 2.11. The SMILES string of the molecule is Cc1c(C(=O)c2oc3ccc(Br)cc3c2C)c(O)n(CCCOC(C)C)c(=O)c1C#N. The third kappa shape index (κ3) is 4.29. The van der Waals surface area contributed by atoms with Gasteiger partial charge in [-0.25, -0.2) is 0 Å². The van der Waals surface area contributed by atoms with E-state index in [0.717, 1.165) is 14.4 Å². The highest BCUT2D eigenvalue weighted by molar-refractivity contribution is 9.10. The molecule has 0 spiro atoms. The Morgan fingerprint density at radius 1 is 1.32 bits per heavy atom. The molecule has 0 saturated carbocycles. The van der Waals surface area contributed by atoms with Gasteiger partial charge in [0.15, 0.2) is 5.76 Å². The minimum Gasteiger partial charge on any atom is -0.494 e. The van der Waals surface area contributed by atoms with Crippen LogP contribution in [0.4, 0.5) is 0 Å². The number of ketones is 1. The molecule has 3 aromatic rings. The standard InChI is InChI=1S/C23H23BrN2O5/c1-12(2)30-9-5-8-26-22(28)17(11-25)13(3)19(23(26)29)20(27)21-14(4)16-10-15(24)6-7-18(16)31-21/h6-7,10,12,29H,5,8-9H2,1-4H3. The lowest BCUT2D eigenvalue weighted by Crippen LogP contribution is -2.27. The van der Waals surface area contributed by atoms with Crippen LogP contribution in [-0.2, 0) is 11.3 Å². The average molecular weight is 487 g/mol. The molecule has 0 amide bonds. The van der Waals surface area contributed by atoms with Crippen molar-refractivity contribution in [2.24, 2.45) is 0 Å². The summed E-state index contributed by atoms with van der Waals surface area (Å²) in [4.78, 5) is 26.1. The highest BCUT2D eigenvalue weighted by atomic mass is 79.9. The van der Waals surface area contributed by atoms with E-state index in [9.17, 15) is 20.0 Å². The minimum atomic E-state index is -0.635. The van der Waals surface area contributed by atoms with Crippen LogP contribution in [0.2, 0.25) is 0 Å². The summed E-state index contributed by atoms with van der Waals surface area (Å²) in [6.45, 7) is 7.51. The lowest BCUT2D eigenvalue weighted by molar-refractivity contribution is 0.0743. The van der Waals surface area contributed by atoms with Crippen LogP contribution in [0.3, 0.4) is 0 Å². The molecule has 0 saturated heterocycles. The van der Waals surface area contributed by atoms with E-state index in [0.29, 0.717) is 24.2 Å². The Hall–Kier alpha value is -2.89. The zero-order chi connectivity index (χ0) is 22.9. The third-order valence-electron chi connectivity index (χ3n) is 5.11. The number of rotatable bonds is 7. The van der Waals surface area contributed by atoms with Crippen molar-refractivity contribution in [3.63, 3.8) is 0 Å². The van der Waals surface area contributed by atoms with Gasteiger partial charge in [-0.1, -0.05) is 15.9 Å². The molecule has 31 heavy (non-hydrogen) atoms. The van der Waals surface area contributed by atoms with Crippen molar-refractivity contribution in [2.45, 2.75) is 46.8 Å². The van der Waals surface area contributed by atoms with Gasteiger partial charge in [0.1, 0.15) is 17.2 Å². The number of nitrogens with zero attached hydrogens (tertiary/aromatic N) is 2. The molecule has 0 aliphatic carbocycles. The zero-order valence-corrected chi connectivity index (χ0v) is 19.4. The zero-order valence-electron chi connectivity index (χ0n) is 17.8. The molecule has 1 aromatic carbocycles. The molecule has 1 N–H and O–H groups in total. The number of ether oxygens (including phenoxy) is 1. The van der Waals surface area contributed by atoms with Crippen LogP contribution in [0.1, 0.15) is 53.1 Å². The van der Waals surface area contributed by atoms with Crippen LogP contribution in [0.25, 0.3) is 11.0 Å². The van der Waals surface area contributed by atoms with E-state index in [1.165, 1.54) is 6.92 Å². The van der Waals surface area contributed by atoms with E-state index < -0.39 is 17.2 Å². The van der Waals surface area contributed by atoms with Crippen LogP contribution in [0.5, 0.6) is 5.88 Å². The summed E-state index contributed by atoms with van der Waals surface area (Å²) in [7, 11) is 0. The van der Waals surface area contributed by atoms with E-state index in [2.05, 4.69) is 15.9 Å². The molecule has 0 bridgehead atoms. The fourth-order valence-electron chi connectivity index (χ4n) is 3.50. The van der Waals surface area contributed by atoms with Gasteiger partial charge in [-0.15, -0.1) is 0 Å². The molecule has 0 atom stereocenters. The second kappa shape index (κ2) is 9.08. The number of hydrogen-bond donors (Lipinski definition) is 1. The highest BCUT2D eigenvalue weighted by Crippen LogP contribution is 2.32. The monoisotopic (exact) mass is 486 g/mol. The lowest BCUT2D eigenvalue weighted by atomic mass is 9.98. The molecule has 0 aliphatic heterocycles. The van der Waals surface area contributed by atoms with Gasteiger partial charge in [0.2, 0.25) is 11.7 Å². The van der Waals surface area contributed by atoms with Crippen LogP contribution in [-0.4, -0.2) is 28.2 Å². The second-order valence-electron chi connectivity index (χ2n) is 7.57. The number of halogens is 1. The van der Waals surface area contributed by atoms with Gasteiger partial charge in [0.25, 0.3) is 5.56 Å². The third-order valence-corrected chi connectivity index (χ3v) is 5.60. The van der Waals surface area contributed by atoms with Gasteiger partial charge in [-0.05, 0) is 57.9 Å².